The van der Waals surface area contributed by atoms with Gasteiger partial charge in [0.25, 0.3) is 0 Å². The first kappa shape index (κ1) is 14.6. The van der Waals surface area contributed by atoms with E-state index in [2.05, 4.69) is 31.1 Å². The van der Waals surface area contributed by atoms with Gasteiger partial charge in [0, 0.05) is 19.1 Å². The Morgan fingerprint density at radius 1 is 1.42 bits per heavy atom. The summed E-state index contributed by atoms with van der Waals surface area (Å²) < 4.78 is 5.41. The summed E-state index contributed by atoms with van der Waals surface area (Å²) in [5.74, 6) is 1.87. The zero-order valence-electron chi connectivity index (χ0n) is 12.6. The summed E-state index contributed by atoms with van der Waals surface area (Å²) in [6, 6.07) is 5.05. The number of rotatable bonds is 6. The van der Waals surface area contributed by atoms with E-state index in [4.69, 9.17) is 4.42 Å². The van der Waals surface area contributed by atoms with Crippen LogP contribution in [0.2, 0.25) is 0 Å². The molecule has 19 heavy (non-hydrogen) atoms. The van der Waals surface area contributed by atoms with E-state index in [-0.39, 0.29) is 0 Å². The topological polar surface area (TPSA) is 28.4 Å². The van der Waals surface area contributed by atoms with Gasteiger partial charge in [0.05, 0.1) is 12.3 Å². The fourth-order valence-electron chi connectivity index (χ4n) is 3.21. The quantitative estimate of drug-likeness (QED) is 0.853. The summed E-state index contributed by atoms with van der Waals surface area (Å²) in [5, 5.41) is 3.53. The fourth-order valence-corrected chi connectivity index (χ4v) is 3.21. The van der Waals surface area contributed by atoms with Crippen LogP contribution >= 0.6 is 0 Å². The maximum Gasteiger partial charge on any atom is 0.120 e. The monoisotopic (exact) mass is 264 g/mol. The minimum atomic E-state index is 0.298. The normalized spacial score (nSPS) is 25.7. The Bertz CT molecular complexity index is 350. The van der Waals surface area contributed by atoms with Gasteiger partial charge in [0.15, 0.2) is 0 Å². The molecule has 1 fully saturated rings. The number of nitrogens with one attached hydrogen (secondary N) is 1. The second-order valence-electron chi connectivity index (χ2n) is 6.00. The van der Waals surface area contributed by atoms with Gasteiger partial charge in [-0.25, -0.2) is 0 Å². The highest BCUT2D eigenvalue weighted by Crippen LogP contribution is 2.27. The van der Waals surface area contributed by atoms with E-state index in [1.165, 1.54) is 25.7 Å². The Morgan fingerprint density at radius 2 is 2.21 bits per heavy atom. The molecule has 1 N–H and O–H groups in total. The maximum atomic E-state index is 5.41. The van der Waals surface area contributed by atoms with Gasteiger partial charge >= 0.3 is 0 Å². The van der Waals surface area contributed by atoms with Crippen LogP contribution in [0.1, 0.15) is 51.3 Å². The predicted molar refractivity (Wildman–Crippen MR) is 79.2 cm³/mol. The fraction of sp³-hybridized carbons (Fsp3) is 0.750. The van der Waals surface area contributed by atoms with Crippen molar-refractivity contribution in [1.29, 1.82) is 0 Å². The summed E-state index contributed by atoms with van der Waals surface area (Å²) in [6.45, 7) is 6.68. The van der Waals surface area contributed by atoms with E-state index in [9.17, 15) is 0 Å². The predicted octanol–water partition coefficient (Wildman–Crippen LogP) is 3.44. The molecule has 1 aliphatic rings. The molecule has 1 aromatic rings. The molecule has 0 amide bonds. The average Bonchev–Trinajstić information content (AvgIpc) is 2.93. The van der Waals surface area contributed by atoms with Crippen LogP contribution in [0.15, 0.2) is 22.8 Å². The molecule has 3 unspecified atom stereocenters. The summed E-state index contributed by atoms with van der Waals surface area (Å²) in [6.07, 6.45) is 7.31. The Balaban J connectivity index is 1.70. The van der Waals surface area contributed by atoms with Crippen molar-refractivity contribution in [2.24, 2.45) is 5.92 Å². The number of nitrogens with zero attached hydrogens (tertiary/aromatic N) is 1. The van der Waals surface area contributed by atoms with Crippen LogP contribution in [0.4, 0.5) is 0 Å². The molecular formula is C16H28N2O. The third kappa shape index (κ3) is 4.08. The van der Waals surface area contributed by atoms with Gasteiger partial charge in [-0.15, -0.1) is 0 Å². The van der Waals surface area contributed by atoms with Crippen LogP contribution in [-0.4, -0.2) is 31.1 Å². The molecule has 0 radical (unpaired) electrons. The molecule has 108 valence electrons. The van der Waals surface area contributed by atoms with E-state index in [1.54, 1.807) is 6.26 Å². The van der Waals surface area contributed by atoms with Crippen molar-refractivity contribution in [2.75, 3.05) is 20.1 Å². The summed E-state index contributed by atoms with van der Waals surface area (Å²) >= 11 is 0. The van der Waals surface area contributed by atoms with Crippen molar-refractivity contribution in [3.8, 4) is 0 Å². The zero-order valence-corrected chi connectivity index (χ0v) is 12.6. The summed E-state index contributed by atoms with van der Waals surface area (Å²) in [5.41, 5.74) is 0. The van der Waals surface area contributed by atoms with Crippen molar-refractivity contribution in [1.82, 2.24) is 10.2 Å². The molecule has 1 aliphatic carbocycles. The van der Waals surface area contributed by atoms with Crippen molar-refractivity contribution in [3.63, 3.8) is 0 Å². The van der Waals surface area contributed by atoms with Crippen molar-refractivity contribution in [2.45, 2.75) is 51.6 Å². The minimum absolute atomic E-state index is 0.298. The van der Waals surface area contributed by atoms with Gasteiger partial charge in [-0.3, -0.25) is 0 Å². The van der Waals surface area contributed by atoms with E-state index in [1.807, 2.05) is 12.1 Å². The van der Waals surface area contributed by atoms with Crippen LogP contribution in [0.25, 0.3) is 0 Å². The largest absolute Gasteiger partial charge is 0.468 e. The molecule has 0 bridgehead atoms. The Labute approximate surface area is 117 Å². The van der Waals surface area contributed by atoms with Crippen LogP contribution in [0.3, 0.4) is 0 Å². The number of furan rings is 1. The third-order valence-corrected chi connectivity index (χ3v) is 4.52. The van der Waals surface area contributed by atoms with Crippen LogP contribution < -0.4 is 5.32 Å². The highest BCUT2D eigenvalue weighted by atomic mass is 16.3. The molecule has 0 aromatic carbocycles. The summed E-state index contributed by atoms with van der Waals surface area (Å²) in [7, 11) is 2.27. The molecule has 3 heteroatoms. The molecule has 1 heterocycles. The first-order valence-electron chi connectivity index (χ1n) is 7.65. The van der Waals surface area contributed by atoms with Crippen molar-refractivity contribution >= 4 is 0 Å². The van der Waals surface area contributed by atoms with Gasteiger partial charge < -0.3 is 14.6 Å². The summed E-state index contributed by atoms with van der Waals surface area (Å²) in [4.78, 5) is 2.53. The molecule has 0 spiro atoms. The lowest BCUT2D eigenvalue weighted by Crippen LogP contribution is -2.42. The molecule has 0 aliphatic heterocycles. The van der Waals surface area contributed by atoms with Crippen LogP contribution in [-0.2, 0) is 0 Å². The molecule has 1 aromatic heterocycles. The van der Waals surface area contributed by atoms with E-state index >= 15 is 0 Å². The highest BCUT2D eigenvalue weighted by molar-refractivity contribution is 5.02. The van der Waals surface area contributed by atoms with E-state index < -0.39 is 0 Å². The molecule has 0 saturated heterocycles. The third-order valence-electron chi connectivity index (χ3n) is 4.52. The Hall–Kier alpha value is -0.800. The first-order chi connectivity index (χ1) is 9.18. The zero-order chi connectivity index (χ0) is 13.7. The average molecular weight is 264 g/mol. The van der Waals surface area contributed by atoms with Crippen LogP contribution in [0, 0.1) is 5.92 Å². The molecule has 2 rings (SSSR count). The van der Waals surface area contributed by atoms with E-state index in [0.717, 1.165) is 30.8 Å². The number of hydrogen-bond donors (Lipinski definition) is 1. The lowest BCUT2D eigenvalue weighted by Gasteiger charge is -2.36. The van der Waals surface area contributed by atoms with Gasteiger partial charge in [-0.1, -0.05) is 19.8 Å². The van der Waals surface area contributed by atoms with Gasteiger partial charge in [-0.2, -0.15) is 0 Å². The molecular weight excluding hydrogens is 236 g/mol. The highest BCUT2D eigenvalue weighted by Gasteiger charge is 2.24. The number of likely N-dealkylation sites (N-methyl/N-ethyl adjacent to an activating group) is 1. The number of hydrogen-bond acceptors (Lipinski definition) is 3. The molecule has 3 nitrogen and oxygen atoms in total. The second kappa shape index (κ2) is 7.11. The first-order valence-corrected chi connectivity index (χ1v) is 7.65. The standard InChI is InChI=1S/C16H28N2O/c1-13-7-4-5-8-15(13)18(3)11-10-17-14(2)16-9-6-12-19-16/h6,9,12-15,17H,4-5,7-8,10-11H2,1-3H3. The Kier molecular flexibility index (Phi) is 5.46. The maximum absolute atomic E-state index is 5.41. The van der Waals surface area contributed by atoms with E-state index in [0.29, 0.717) is 6.04 Å². The second-order valence-corrected chi connectivity index (χ2v) is 6.00. The van der Waals surface area contributed by atoms with Gasteiger partial charge in [0.2, 0.25) is 0 Å². The Morgan fingerprint density at radius 3 is 2.89 bits per heavy atom. The van der Waals surface area contributed by atoms with Crippen LogP contribution in [0.5, 0.6) is 0 Å². The lowest BCUT2D eigenvalue weighted by molar-refractivity contribution is 0.139. The van der Waals surface area contributed by atoms with Crippen molar-refractivity contribution in [3.05, 3.63) is 24.2 Å². The molecule has 3 atom stereocenters. The minimum Gasteiger partial charge on any atom is -0.468 e. The molecule has 1 saturated carbocycles. The smallest absolute Gasteiger partial charge is 0.120 e. The lowest BCUT2D eigenvalue weighted by atomic mass is 9.85. The SMILES string of the molecule is CC(NCCN(C)C1CCCCC1C)c1ccco1. The van der Waals surface area contributed by atoms with Crippen molar-refractivity contribution < 1.29 is 4.42 Å². The van der Waals surface area contributed by atoms with Gasteiger partial charge in [-0.05, 0) is 44.9 Å². The van der Waals surface area contributed by atoms with Gasteiger partial charge in [0.1, 0.15) is 5.76 Å².